The molecular formula is C15H11NO. The molecule has 0 atom stereocenters. The number of H-pyrrole nitrogens is 1. The van der Waals surface area contributed by atoms with Crippen molar-refractivity contribution in [1.29, 1.82) is 0 Å². The summed E-state index contributed by atoms with van der Waals surface area (Å²) < 4.78 is 5.82. The van der Waals surface area contributed by atoms with Crippen LogP contribution in [0.15, 0.2) is 46.9 Å². The van der Waals surface area contributed by atoms with Crippen LogP contribution in [0, 0.1) is 6.92 Å². The van der Waals surface area contributed by atoms with Crippen LogP contribution >= 0.6 is 0 Å². The van der Waals surface area contributed by atoms with Crippen LogP contribution in [0.4, 0.5) is 0 Å². The SMILES string of the molecule is Cc1ccc2c(c1)[nH]c1oc3ccccc3c12. The van der Waals surface area contributed by atoms with E-state index in [0.717, 1.165) is 16.8 Å². The minimum Gasteiger partial charge on any atom is -0.440 e. The van der Waals surface area contributed by atoms with Crippen LogP contribution in [0.3, 0.4) is 0 Å². The van der Waals surface area contributed by atoms with Crippen molar-refractivity contribution >= 4 is 33.0 Å². The Morgan fingerprint density at radius 1 is 1.00 bits per heavy atom. The monoisotopic (exact) mass is 221 g/mol. The maximum absolute atomic E-state index is 5.82. The Bertz CT molecular complexity index is 851. The first kappa shape index (κ1) is 8.88. The predicted molar refractivity (Wildman–Crippen MR) is 70.3 cm³/mol. The van der Waals surface area contributed by atoms with Crippen LogP contribution in [0.2, 0.25) is 0 Å². The zero-order valence-electron chi connectivity index (χ0n) is 9.45. The largest absolute Gasteiger partial charge is 0.440 e. The molecule has 0 radical (unpaired) electrons. The lowest BCUT2D eigenvalue weighted by atomic mass is 10.1. The van der Waals surface area contributed by atoms with Gasteiger partial charge in [-0.15, -0.1) is 0 Å². The van der Waals surface area contributed by atoms with Gasteiger partial charge in [0.1, 0.15) is 5.58 Å². The smallest absolute Gasteiger partial charge is 0.206 e. The van der Waals surface area contributed by atoms with Crippen LogP contribution in [-0.2, 0) is 0 Å². The van der Waals surface area contributed by atoms with Crippen molar-refractivity contribution in [3.8, 4) is 0 Å². The molecule has 0 amide bonds. The van der Waals surface area contributed by atoms with E-state index in [1.807, 2.05) is 18.2 Å². The summed E-state index contributed by atoms with van der Waals surface area (Å²) in [4.78, 5) is 3.34. The number of hydrogen-bond acceptors (Lipinski definition) is 1. The summed E-state index contributed by atoms with van der Waals surface area (Å²) in [7, 11) is 0. The van der Waals surface area contributed by atoms with Crippen molar-refractivity contribution in [2.45, 2.75) is 6.92 Å². The Labute approximate surface area is 97.8 Å². The topological polar surface area (TPSA) is 28.9 Å². The molecule has 0 saturated heterocycles. The highest BCUT2D eigenvalue weighted by Crippen LogP contribution is 2.34. The van der Waals surface area contributed by atoms with E-state index >= 15 is 0 Å². The normalized spacial score (nSPS) is 11.8. The fourth-order valence-electron chi connectivity index (χ4n) is 2.50. The quantitative estimate of drug-likeness (QED) is 0.469. The second-order valence-corrected chi connectivity index (χ2v) is 4.48. The van der Waals surface area contributed by atoms with E-state index in [4.69, 9.17) is 4.42 Å². The summed E-state index contributed by atoms with van der Waals surface area (Å²) in [5.74, 6) is 0. The van der Waals surface area contributed by atoms with Crippen LogP contribution in [0.25, 0.3) is 33.0 Å². The van der Waals surface area contributed by atoms with Gasteiger partial charge in [0.25, 0.3) is 0 Å². The number of para-hydroxylation sites is 1. The maximum atomic E-state index is 5.82. The number of aromatic amines is 1. The van der Waals surface area contributed by atoms with Gasteiger partial charge in [-0.2, -0.15) is 0 Å². The number of furan rings is 1. The van der Waals surface area contributed by atoms with E-state index in [-0.39, 0.29) is 0 Å². The molecule has 0 fully saturated rings. The Morgan fingerprint density at radius 2 is 1.88 bits per heavy atom. The molecule has 0 bridgehead atoms. The first-order valence-electron chi connectivity index (χ1n) is 5.72. The number of nitrogens with one attached hydrogen (secondary N) is 1. The van der Waals surface area contributed by atoms with Crippen molar-refractivity contribution < 1.29 is 4.42 Å². The molecule has 82 valence electrons. The van der Waals surface area contributed by atoms with Crippen LogP contribution in [0.5, 0.6) is 0 Å². The Balaban J connectivity index is 2.31. The molecule has 4 rings (SSSR count). The van der Waals surface area contributed by atoms with Gasteiger partial charge >= 0.3 is 0 Å². The first-order valence-corrected chi connectivity index (χ1v) is 5.72. The van der Waals surface area contributed by atoms with Crippen LogP contribution in [-0.4, -0.2) is 4.98 Å². The molecule has 2 nitrogen and oxygen atoms in total. The number of rotatable bonds is 0. The Kier molecular flexibility index (Phi) is 1.52. The molecule has 1 N–H and O–H groups in total. The second-order valence-electron chi connectivity index (χ2n) is 4.48. The number of benzene rings is 2. The molecule has 0 aliphatic heterocycles. The van der Waals surface area contributed by atoms with Gasteiger partial charge in [-0.25, -0.2) is 0 Å². The number of hydrogen-bond donors (Lipinski definition) is 1. The average molecular weight is 221 g/mol. The maximum Gasteiger partial charge on any atom is 0.206 e. The van der Waals surface area contributed by atoms with Gasteiger partial charge in [0.15, 0.2) is 0 Å². The molecule has 2 heteroatoms. The van der Waals surface area contributed by atoms with Gasteiger partial charge in [0, 0.05) is 16.3 Å². The third-order valence-electron chi connectivity index (χ3n) is 3.29. The van der Waals surface area contributed by atoms with Crippen molar-refractivity contribution in [3.63, 3.8) is 0 Å². The summed E-state index contributed by atoms with van der Waals surface area (Å²) in [6.45, 7) is 2.10. The average Bonchev–Trinajstić information content (AvgIpc) is 2.83. The van der Waals surface area contributed by atoms with Gasteiger partial charge in [-0.05, 0) is 24.6 Å². The highest BCUT2D eigenvalue weighted by molar-refractivity contribution is 6.18. The minimum atomic E-state index is 0.867. The minimum absolute atomic E-state index is 0.867. The second kappa shape index (κ2) is 2.92. The molecule has 4 aromatic rings. The van der Waals surface area contributed by atoms with Crippen LogP contribution < -0.4 is 0 Å². The molecule has 2 heterocycles. The molecule has 17 heavy (non-hydrogen) atoms. The predicted octanol–water partition coefficient (Wildman–Crippen LogP) is 4.38. The summed E-state index contributed by atoms with van der Waals surface area (Å²) in [6.07, 6.45) is 0. The van der Waals surface area contributed by atoms with E-state index in [0.29, 0.717) is 0 Å². The number of fused-ring (bicyclic) bond motifs is 5. The molecule has 0 spiro atoms. The summed E-state index contributed by atoms with van der Waals surface area (Å²) in [6, 6.07) is 14.6. The lowest BCUT2D eigenvalue weighted by Crippen LogP contribution is -1.72. The van der Waals surface area contributed by atoms with Gasteiger partial charge in [0.2, 0.25) is 5.71 Å². The molecule has 2 aromatic carbocycles. The van der Waals surface area contributed by atoms with E-state index in [1.165, 1.54) is 21.7 Å². The van der Waals surface area contributed by atoms with Gasteiger partial charge in [-0.1, -0.05) is 30.3 Å². The molecule has 2 aromatic heterocycles. The van der Waals surface area contributed by atoms with E-state index in [2.05, 4.69) is 36.2 Å². The van der Waals surface area contributed by atoms with Gasteiger partial charge in [-0.3, -0.25) is 0 Å². The van der Waals surface area contributed by atoms with Crippen molar-refractivity contribution in [1.82, 2.24) is 4.98 Å². The van der Waals surface area contributed by atoms with Gasteiger partial charge < -0.3 is 9.40 Å². The fraction of sp³-hybridized carbons (Fsp3) is 0.0667. The lowest BCUT2D eigenvalue weighted by molar-refractivity contribution is 0.657. The van der Waals surface area contributed by atoms with Gasteiger partial charge in [0.05, 0.1) is 5.39 Å². The summed E-state index contributed by atoms with van der Waals surface area (Å²) in [5, 5.41) is 3.60. The fourth-order valence-corrected chi connectivity index (χ4v) is 2.50. The van der Waals surface area contributed by atoms with Crippen molar-refractivity contribution in [2.75, 3.05) is 0 Å². The number of aryl methyl sites for hydroxylation is 1. The van der Waals surface area contributed by atoms with Crippen LogP contribution in [0.1, 0.15) is 5.56 Å². The zero-order chi connectivity index (χ0) is 11.4. The first-order chi connectivity index (χ1) is 8.33. The third-order valence-corrected chi connectivity index (χ3v) is 3.29. The number of aromatic nitrogens is 1. The molecule has 0 aliphatic rings. The van der Waals surface area contributed by atoms with Crippen molar-refractivity contribution in [2.24, 2.45) is 0 Å². The molecule has 0 unspecified atom stereocenters. The summed E-state index contributed by atoms with van der Waals surface area (Å²) in [5.41, 5.74) is 4.21. The van der Waals surface area contributed by atoms with E-state index < -0.39 is 0 Å². The van der Waals surface area contributed by atoms with E-state index in [1.54, 1.807) is 0 Å². The molecular weight excluding hydrogens is 210 g/mol. The van der Waals surface area contributed by atoms with E-state index in [9.17, 15) is 0 Å². The molecule has 0 aliphatic carbocycles. The molecule has 0 saturated carbocycles. The summed E-state index contributed by atoms with van der Waals surface area (Å²) >= 11 is 0. The lowest BCUT2D eigenvalue weighted by Gasteiger charge is -1.93. The highest BCUT2D eigenvalue weighted by Gasteiger charge is 2.12. The third kappa shape index (κ3) is 1.10. The Morgan fingerprint density at radius 3 is 2.82 bits per heavy atom. The highest BCUT2D eigenvalue weighted by atomic mass is 16.3. The van der Waals surface area contributed by atoms with Crippen molar-refractivity contribution in [3.05, 3.63) is 48.0 Å². The standard InChI is InChI=1S/C15H11NO/c1-9-6-7-10-12(8-9)16-15-14(10)11-4-2-3-5-13(11)17-15/h2-8,16H,1H3. The zero-order valence-corrected chi connectivity index (χ0v) is 9.45. The Hall–Kier alpha value is -2.22.